The van der Waals surface area contributed by atoms with Gasteiger partial charge in [0, 0.05) is 7.05 Å². The van der Waals surface area contributed by atoms with Crippen molar-refractivity contribution in [2.45, 2.75) is 0 Å². The summed E-state index contributed by atoms with van der Waals surface area (Å²) in [6.07, 6.45) is 0. The van der Waals surface area contributed by atoms with Crippen LogP contribution in [0, 0.1) is 0 Å². The molecule has 1 rings (SSSR count). The van der Waals surface area contributed by atoms with Gasteiger partial charge in [-0.05, 0) is 0 Å². The summed E-state index contributed by atoms with van der Waals surface area (Å²) in [6, 6.07) is 0. The van der Waals surface area contributed by atoms with E-state index in [2.05, 4.69) is 5.10 Å². The summed E-state index contributed by atoms with van der Waals surface area (Å²) in [5.74, 6) is -0.796. The minimum Gasteiger partial charge on any atom is -0.489 e. The Kier molecular flexibility index (Phi) is 2.41. The number of aromatic carboxylic acids is 1. The standard InChI is InChI=1S/C7H10N2O4/c1-9-4(7(10)11)5(12-2)6(8-9)13-3/h1-3H3,(H,10,11). The monoisotopic (exact) mass is 186 g/mol. The molecule has 0 atom stereocenters. The van der Waals surface area contributed by atoms with Crippen LogP contribution in [0.3, 0.4) is 0 Å². The molecule has 0 radical (unpaired) electrons. The number of aryl methyl sites for hydroxylation is 1. The molecule has 13 heavy (non-hydrogen) atoms. The smallest absolute Gasteiger partial charge is 0.358 e. The van der Waals surface area contributed by atoms with Gasteiger partial charge in [-0.15, -0.1) is 5.10 Å². The SMILES string of the molecule is COc1nn(C)c(C(=O)O)c1OC. The number of carboxylic acids is 1. The minimum absolute atomic E-state index is 0.0284. The van der Waals surface area contributed by atoms with Crippen LogP contribution in [0.2, 0.25) is 0 Å². The number of carboxylic acid groups (broad SMARTS) is 1. The first-order valence-electron chi connectivity index (χ1n) is 3.50. The second-order valence-corrected chi connectivity index (χ2v) is 2.32. The van der Waals surface area contributed by atoms with Crippen molar-refractivity contribution in [2.24, 2.45) is 7.05 Å². The lowest BCUT2D eigenvalue weighted by molar-refractivity contribution is 0.0681. The van der Waals surface area contributed by atoms with Crippen LogP contribution in [0.4, 0.5) is 0 Å². The third kappa shape index (κ3) is 1.42. The molecule has 0 spiro atoms. The van der Waals surface area contributed by atoms with E-state index in [9.17, 15) is 4.79 Å². The Balaban J connectivity index is 3.31. The van der Waals surface area contributed by atoms with Crippen LogP contribution in [-0.4, -0.2) is 35.1 Å². The average Bonchev–Trinajstić information content (AvgIpc) is 2.41. The molecule has 6 nitrogen and oxygen atoms in total. The zero-order chi connectivity index (χ0) is 10.0. The molecule has 0 aliphatic rings. The van der Waals surface area contributed by atoms with E-state index in [1.807, 2.05) is 0 Å². The van der Waals surface area contributed by atoms with Crippen molar-refractivity contribution in [3.8, 4) is 11.6 Å². The van der Waals surface area contributed by atoms with Gasteiger partial charge in [-0.1, -0.05) is 0 Å². The summed E-state index contributed by atoms with van der Waals surface area (Å²) in [7, 11) is 4.27. The molecule has 6 heteroatoms. The number of aromatic nitrogens is 2. The molecule has 0 unspecified atom stereocenters. The zero-order valence-corrected chi connectivity index (χ0v) is 7.57. The van der Waals surface area contributed by atoms with E-state index in [4.69, 9.17) is 14.6 Å². The molecule has 1 aromatic heterocycles. The van der Waals surface area contributed by atoms with Crippen LogP contribution in [0.5, 0.6) is 11.6 Å². The minimum atomic E-state index is -1.10. The Hall–Kier alpha value is -1.72. The van der Waals surface area contributed by atoms with E-state index in [1.165, 1.54) is 25.9 Å². The number of nitrogens with zero attached hydrogens (tertiary/aromatic N) is 2. The van der Waals surface area contributed by atoms with Gasteiger partial charge in [0.05, 0.1) is 14.2 Å². The predicted octanol–water partition coefficient (Wildman–Crippen LogP) is 0.136. The van der Waals surface area contributed by atoms with Crippen LogP contribution in [0.15, 0.2) is 0 Å². The fourth-order valence-corrected chi connectivity index (χ4v) is 1.03. The number of carbonyl (C=O) groups is 1. The van der Waals surface area contributed by atoms with E-state index in [0.717, 1.165) is 0 Å². The van der Waals surface area contributed by atoms with Gasteiger partial charge in [0.1, 0.15) is 0 Å². The van der Waals surface area contributed by atoms with Crippen LogP contribution < -0.4 is 9.47 Å². The molecule has 1 heterocycles. The maximum atomic E-state index is 10.7. The molecule has 0 aromatic carbocycles. The molecular formula is C7H10N2O4. The lowest BCUT2D eigenvalue weighted by atomic mass is 10.4. The highest BCUT2D eigenvalue weighted by Crippen LogP contribution is 2.29. The Labute approximate surface area is 74.7 Å². The first kappa shape index (κ1) is 9.37. The summed E-state index contributed by atoms with van der Waals surface area (Å²) in [5, 5.41) is 12.6. The molecule has 0 saturated carbocycles. The molecule has 72 valence electrons. The summed E-state index contributed by atoms with van der Waals surface area (Å²) in [5.41, 5.74) is -0.0284. The molecular weight excluding hydrogens is 176 g/mol. The van der Waals surface area contributed by atoms with Crippen LogP contribution >= 0.6 is 0 Å². The van der Waals surface area contributed by atoms with Gasteiger partial charge in [0.15, 0.2) is 5.69 Å². The van der Waals surface area contributed by atoms with Crippen molar-refractivity contribution < 1.29 is 19.4 Å². The fraction of sp³-hybridized carbons (Fsp3) is 0.429. The summed E-state index contributed by atoms with van der Waals surface area (Å²) in [6.45, 7) is 0. The molecule has 0 bridgehead atoms. The van der Waals surface area contributed by atoms with Crippen molar-refractivity contribution in [1.82, 2.24) is 9.78 Å². The van der Waals surface area contributed by atoms with Crippen molar-refractivity contribution in [1.29, 1.82) is 0 Å². The van der Waals surface area contributed by atoms with Crippen LogP contribution in [0.25, 0.3) is 0 Å². The van der Waals surface area contributed by atoms with Crippen molar-refractivity contribution in [2.75, 3.05) is 14.2 Å². The number of rotatable bonds is 3. The molecule has 1 aromatic rings. The van der Waals surface area contributed by atoms with Crippen LogP contribution in [-0.2, 0) is 7.05 Å². The second kappa shape index (κ2) is 3.34. The quantitative estimate of drug-likeness (QED) is 0.726. The number of methoxy groups -OCH3 is 2. The van der Waals surface area contributed by atoms with E-state index >= 15 is 0 Å². The molecule has 0 aliphatic carbocycles. The summed E-state index contributed by atoms with van der Waals surface area (Å²) >= 11 is 0. The Bertz CT molecular complexity index is 331. The first-order valence-corrected chi connectivity index (χ1v) is 3.50. The zero-order valence-electron chi connectivity index (χ0n) is 7.57. The predicted molar refractivity (Wildman–Crippen MR) is 43.3 cm³/mol. The van der Waals surface area contributed by atoms with Gasteiger partial charge in [-0.3, -0.25) is 4.68 Å². The Morgan fingerprint density at radius 1 is 1.46 bits per heavy atom. The van der Waals surface area contributed by atoms with Crippen molar-refractivity contribution in [3.05, 3.63) is 5.69 Å². The highest BCUT2D eigenvalue weighted by atomic mass is 16.5. The third-order valence-corrected chi connectivity index (χ3v) is 1.57. The van der Waals surface area contributed by atoms with Crippen molar-refractivity contribution in [3.63, 3.8) is 0 Å². The van der Waals surface area contributed by atoms with Gasteiger partial charge in [-0.2, -0.15) is 0 Å². The van der Waals surface area contributed by atoms with E-state index < -0.39 is 5.97 Å². The van der Waals surface area contributed by atoms with E-state index in [-0.39, 0.29) is 17.3 Å². The fourth-order valence-electron chi connectivity index (χ4n) is 1.03. The number of ether oxygens (including phenoxy) is 2. The molecule has 0 aliphatic heterocycles. The highest BCUT2D eigenvalue weighted by Gasteiger charge is 2.22. The van der Waals surface area contributed by atoms with Gasteiger partial charge >= 0.3 is 5.97 Å². The van der Waals surface area contributed by atoms with Gasteiger partial charge in [-0.25, -0.2) is 4.79 Å². The maximum absolute atomic E-state index is 10.7. The van der Waals surface area contributed by atoms with E-state index in [1.54, 1.807) is 0 Å². The van der Waals surface area contributed by atoms with Crippen LogP contribution in [0.1, 0.15) is 10.5 Å². The largest absolute Gasteiger partial charge is 0.489 e. The highest BCUT2D eigenvalue weighted by molar-refractivity contribution is 5.89. The lowest BCUT2D eigenvalue weighted by Gasteiger charge is -1.99. The Morgan fingerprint density at radius 2 is 2.08 bits per heavy atom. The maximum Gasteiger partial charge on any atom is 0.358 e. The summed E-state index contributed by atoms with van der Waals surface area (Å²) < 4.78 is 10.9. The molecule has 0 fully saturated rings. The molecule has 0 saturated heterocycles. The normalized spacial score (nSPS) is 9.77. The summed E-state index contributed by atoms with van der Waals surface area (Å²) in [4.78, 5) is 10.7. The van der Waals surface area contributed by atoms with Gasteiger partial charge in [0.25, 0.3) is 5.88 Å². The number of hydrogen-bond donors (Lipinski definition) is 1. The first-order chi connectivity index (χ1) is 6.11. The van der Waals surface area contributed by atoms with Gasteiger partial charge in [0.2, 0.25) is 5.75 Å². The number of hydrogen-bond acceptors (Lipinski definition) is 4. The lowest BCUT2D eigenvalue weighted by Crippen LogP contribution is -2.06. The van der Waals surface area contributed by atoms with Gasteiger partial charge < -0.3 is 14.6 Å². The molecule has 0 amide bonds. The van der Waals surface area contributed by atoms with Crippen molar-refractivity contribution >= 4 is 5.97 Å². The average molecular weight is 186 g/mol. The third-order valence-electron chi connectivity index (χ3n) is 1.57. The topological polar surface area (TPSA) is 73.6 Å². The second-order valence-electron chi connectivity index (χ2n) is 2.32. The van der Waals surface area contributed by atoms with E-state index in [0.29, 0.717) is 0 Å². The molecule has 1 N–H and O–H groups in total. The Morgan fingerprint density at radius 3 is 2.46 bits per heavy atom.